The number of hydrogen-bond donors (Lipinski definition) is 2. The van der Waals surface area contributed by atoms with Crippen molar-refractivity contribution in [2.75, 3.05) is 11.1 Å². The molecule has 0 saturated heterocycles. The lowest BCUT2D eigenvalue weighted by Gasteiger charge is -2.23. The standard InChI is InChI=1S/C12H9ClN2O/c13-7-5-6-10-12(11(7)14)15-8-3-1-2-4-9(8)16-10/h1-6,15H,14H2. The van der Waals surface area contributed by atoms with Gasteiger partial charge in [0.05, 0.1) is 16.4 Å². The summed E-state index contributed by atoms with van der Waals surface area (Å²) in [6, 6.07) is 11.2. The van der Waals surface area contributed by atoms with Crippen molar-refractivity contribution in [1.82, 2.24) is 0 Å². The van der Waals surface area contributed by atoms with Gasteiger partial charge in [-0.2, -0.15) is 0 Å². The first-order chi connectivity index (χ1) is 7.75. The van der Waals surface area contributed by atoms with Crippen LogP contribution in [0.15, 0.2) is 36.4 Å². The molecule has 0 unspecified atom stereocenters. The Morgan fingerprint density at radius 3 is 2.75 bits per heavy atom. The molecule has 0 saturated carbocycles. The summed E-state index contributed by atoms with van der Waals surface area (Å²) in [5.41, 5.74) is 8.01. The lowest BCUT2D eigenvalue weighted by molar-refractivity contribution is 0.481. The molecule has 1 aliphatic heterocycles. The quantitative estimate of drug-likeness (QED) is 0.580. The monoisotopic (exact) mass is 232 g/mol. The van der Waals surface area contributed by atoms with Gasteiger partial charge in [0, 0.05) is 0 Å². The molecule has 0 spiro atoms. The molecule has 4 heteroatoms. The van der Waals surface area contributed by atoms with Crippen LogP contribution >= 0.6 is 11.6 Å². The maximum Gasteiger partial charge on any atom is 0.153 e. The number of rotatable bonds is 0. The van der Waals surface area contributed by atoms with Crippen LogP contribution in [0.4, 0.5) is 17.1 Å². The molecule has 0 aliphatic carbocycles. The Kier molecular flexibility index (Phi) is 1.94. The van der Waals surface area contributed by atoms with Crippen molar-refractivity contribution < 1.29 is 4.74 Å². The summed E-state index contributed by atoms with van der Waals surface area (Å²) in [7, 11) is 0. The summed E-state index contributed by atoms with van der Waals surface area (Å²) in [5, 5.41) is 3.74. The molecule has 0 radical (unpaired) electrons. The number of para-hydroxylation sites is 2. The molecule has 0 bridgehead atoms. The normalized spacial score (nSPS) is 12.1. The third-order valence-corrected chi connectivity index (χ3v) is 2.85. The molecular formula is C12H9ClN2O. The van der Waals surface area contributed by atoms with Crippen LogP contribution in [0.3, 0.4) is 0 Å². The van der Waals surface area contributed by atoms with Gasteiger partial charge in [0.25, 0.3) is 0 Å². The molecule has 3 nitrogen and oxygen atoms in total. The van der Waals surface area contributed by atoms with Gasteiger partial charge in [-0.25, -0.2) is 0 Å². The highest BCUT2D eigenvalue weighted by Crippen LogP contribution is 2.46. The average molecular weight is 233 g/mol. The third kappa shape index (κ3) is 1.29. The maximum absolute atomic E-state index is 5.95. The minimum absolute atomic E-state index is 0.508. The molecule has 0 fully saturated rings. The predicted octanol–water partition coefficient (Wildman–Crippen LogP) is 3.77. The van der Waals surface area contributed by atoms with Crippen molar-refractivity contribution in [3.8, 4) is 11.5 Å². The summed E-state index contributed by atoms with van der Waals surface area (Å²) >= 11 is 5.95. The van der Waals surface area contributed by atoms with E-state index in [2.05, 4.69) is 5.32 Å². The van der Waals surface area contributed by atoms with Crippen molar-refractivity contribution in [1.29, 1.82) is 0 Å². The fourth-order valence-electron chi connectivity index (χ4n) is 1.70. The van der Waals surface area contributed by atoms with E-state index in [1.165, 1.54) is 0 Å². The van der Waals surface area contributed by atoms with Gasteiger partial charge in [-0.15, -0.1) is 0 Å². The van der Waals surface area contributed by atoms with E-state index in [1.807, 2.05) is 24.3 Å². The van der Waals surface area contributed by atoms with Crippen molar-refractivity contribution in [3.05, 3.63) is 41.4 Å². The van der Waals surface area contributed by atoms with Gasteiger partial charge in [-0.1, -0.05) is 23.7 Å². The summed E-state index contributed by atoms with van der Waals surface area (Å²) in [6.45, 7) is 0. The molecule has 80 valence electrons. The Balaban J connectivity index is 2.16. The van der Waals surface area contributed by atoms with Crippen molar-refractivity contribution in [2.45, 2.75) is 0 Å². The van der Waals surface area contributed by atoms with Crippen molar-refractivity contribution >= 4 is 28.7 Å². The van der Waals surface area contributed by atoms with Gasteiger partial charge in [0.2, 0.25) is 0 Å². The first-order valence-electron chi connectivity index (χ1n) is 4.87. The molecule has 0 atom stereocenters. The molecule has 16 heavy (non-hydrogen) atoms. The van der Waals surface area contributed by atoms with E-state index in [0.29, 0.717) is 16.5 Å². The molecule has 3 rings (SSSR count). The molecule has 1 heterocycles. The van der Waals surface area contributed by atoms with Gasteiger partial charge >= 0.3 is 0 Å². The molecule has 1 aliphatic rings. The summed E-state index contributed by atoms with van der Waals surface area (Å²) in [5.74, 6) is 1.48. The van der Waals surface area contributed by atoms with Gasteiger partial charge in [0.15, 0.2) is 11.5 Å². The highest BCUT2D eigenvalue weighted by atomic mass is 35.5. The molecular weight excluding hydrogens is 224 g/mol. The highest BCUT2D eigenvalue weighted by molar-refractivity contribution is 6.34. The number of nitrogen functional groups attached to an aromatic ring is 1. The number of benzene rings is 2. The number of nitrogens with one attached hydrogen (secondary N) is 1. The van der Waals surface area contributed by atoms with Crippen LogP contribution in [0.5, 0.6) is 11.5 Å². The minimum Gasteiger partial charge on any atom is -0.453 e. The zero-order chi connectivity index (χ0) is 11.1. The first kappa shape index (κ1) is 9.36. The molecule has 0 aromatic heterocycles. The number of hydrogen-bond acceptors (Lipinski definition) is 3. The van der Waals surface area contributed by atoms with Crippen molar-refractivity contribution in [2.24, 2.45) is 0 Å². The second-order valence-corrected chi connectivity index (χ2v) is 3.96. The van der Waals surface area contributed by atoms with E-state index in [-0.39, 0.29) is 0 Å². The predicted molar refractivity (Wildman–Crippen MR) is 65.7 cm³/mol. The second kappa shape index (κ2) is 3.32. The van der Waals surface area contributed by atoms with Crippen LogP contribution in [-0.2, 0) is 0 Å². The van der Waals surface area contributed by atoms with Gasteiger partial charge < -0.3 is 15.8 Å². The van der Waals surface area contributed by atoms with Crippen LogP contribution in [-0.4, -0.2) is 0 Å². The number of anilines is 3. The zero-order valence-corrected chi connectivity index (χ0v) is 9.08. The zero-order valence-electron chi connectivity index (χ0n) is 8.33. The summed E-state index contributed by atoms with van der Waals surface area (Å²) < 4.78 is 5.71. The molecule has 2 aromatic rings. The summed E-state index contributed by atoms with van der Waals surface area (Å²) in [4.78, 5) is 0. The van der Waals surface area contributed by atoms with Crippen LogP contribution in [0.25, 0.3) is 0 Å². The molecule has 2 aromatic carbocycles. The third-order valence-electron chi connectivity index (χ3n) is 2.52. The number of fused-ring (bicyclic) bond motifs is 2. The van der Waals surface area contributed by atoms with Gasteiger partial charge in [0.1, 0.15) is 5.69 Å². The molecule has 3 N–H and O–H groups in total. The van der Waals surface area contributed by atoms with Crippen LogP contribution in [0.2, 0.25) is 5.02 Å². The fraction of sp³-hybridized carbons (Fsp3) is 0. The Labute approximate surface area is 97.8 Å². The highest BCUT2D eigenvalue weighted by Gasteiger charge is 2.19. The number of nitrogens with two attached hydrogens (primary N) is 1. The Morgan fingerprint density at radius 2 is 1.88 bits per heavy atom. The van der Waals surface area contributed by atoms with E-state index in [1.54, 1.807) is 12.1 Å². The average Bonchev–Trinajstić information content (AvgIpc) is 2.32. The van der Waals surface area contributed by atoms with Crippen LogP contribution in [0, 0.1) is 0 Å². The minimum atomic E-state index is 0.508. The van der Waals surface area contributed by atoms with E-state index >= 15 is 0 Å². The van der Waals surface area contributed by atoms with Crippen molar-refractivity contribution in [3.63, 3.8) is 0 Å². The lowest BCUT2D eigenvalue weighted by Crippen LogP contribution is -2.05. The Bertz CT molecular complexity index is 569. The summed E-state index contributed by atoms with van der Waals surface area (Å²) in [6.07, 6.45) is 0. The first-order valence-corrected chi connectivity index (χ1v) is 5.25. The largest absolute Gasteiger partial charge is 0.453 e. The maximum atomic E-state index is 5.95. The fourth-order valence-corrected chi connectivity index (χ4v) is 1.86. The Morgan fingerprint density at radius 1 is 1.06 bits per heavy atom. The Hall–Kier alpha value is -1.87. The molecule has 0 amide bonds. The second-order valence-electron chi connectivity index (χ2n) is 3.56. The smallest absolute Gasteiger partial charge is 0.153 e. The van der Waals surface area contributed by atoms with Crippen LogP contribution < -0.4 is 15.8 Å². The van der Waals surface area contributed by atoms with Gasteiger partial charge in [-0.3, -0.25) is 0 Å². The number of halogens is 1. The topological polar surface area (TPSA) is 47.3 Å². The number of ether oxygens (including phenoxy) is 1. The lowest BCUT2D eigenvalue weighted by atomic mass is 10.2. The van der Waals surface area contributed by atoms with Crippen LogP contribution in [0.1, 0.15) is 0 Å². The van der Waals surface area contributed by atoms with E-state index in [0.717, 1.165) is 17.1 Å². The van der Waals surface area contributed by atoms with E-state index < -0.39 is 0 Å². The van der Waals surface area contributed by atoms with E-state index in [9.17, 15) is 0 Å². The van der Waals surface area contributed by atoms with Gasteiger partial charge in [-0.05, 0) is 24.3 Å². The van der Waals surface area contributed by atoms with E-state index in [4.69, 9.17) is 22.1 Å². The SMILES string of the molecule is Nc1c(Cl)ccc2c1Nc1ccccc1O2.